The molecule has 0 saturated heterocycles. The third-order valence-electron chi connectivity index (χ3n) is 6.51. The van der Waals surface area contributed by atoms with Crippen LogP contribution in [0, 0.1) is 0 Å². The summed E-state index contributed by atoms with van der Waals surface area (Å²) in [6, 6.07) is -1.52. The van der Waals surface area contributed by atoms with Crippen molar-refractivity contribution in [2.75, 3.05) is 19.8 Å². The third-order valence-corrected chi connectivity index (χ3v) is 7.46. The first-order valence-corrected chi connectivity index (χ1v) is 17.2. The zero-order chi connectivity index (χ0) is 31.5. The fraction of sp³-hybridized carbons (Fsp3) is 0.833. The van der Waals surface area contributed by atoms with E-state index in [-0.39, 0.29) is 19.4 Å². The van der Waals surface area contributed by atoms with Crippen molar-refractivity contribution in [3.63, 3.8) is 0 Å². The first-order chi connectivity index (χ1) is 20.1. The summed E-state index contributed by atoms with van der Waals surface area (Å²) in [7, 11) is -4.69. The number of esters is 2. The van der Waals surface area contributed by atoms with Crippen molar-refractivity contribution in [2.24, 2.45) is 5.73 Å². The van der Waals surface area contributed by atoms with Gasteiger partial charge in [-0.05, 0) is 38.5 Å². The third kappa shape index (κ3) is 25.9. The van der Waals surface area contributed by atoms with Gasteiger partial charge in [0.15, 0.2) is 6.10 Å². The van der Waals surface area contributed by atoms with Gasteiger partial charge in [0.25, 0.3) is 0 Å². The van der Waals surface area contributed by atoms with Gasteiger partial charge < -0.3 is 25.2 Å². The average molecular weight is 622 g/mol. The lowest BCUT2D eigenvalue weighted by Crippen LogP contribution is -2.34. The molecule has 3 unspecified atom stereocenters. The number of nitrogens with two attached hydrogens (primary N) is 1. The highest BCUT2D eigenvalue weighted by atomic mass is 31.2. The second-order valence-electron chi connectivity index (χ2n) is 10.6. The van der Waals surface area contributed by atoms with Crippen molar-refractivity contribution in [3.05, 3.63) is 12.2 Å². The van der Waals surface area contributed by atoms with Gasteiger partial charge in [0, 0.05) is 12.8 Å². The minimum Gasteiger partial charge on any atom is -0.480 e. The minimum absolute atomic E-state index is 0.153. The Balaban J connectivity index is 4.42. The van der Waals surface area contributed by atoms with Crippen LogP contribution in [0.1, 0.15) is 129 Å². The molecule has 42 heavy (non-hydrogen) atoms. The number of ether oxygens (including phenoxy) is 2. The van der Waals surface area contributed by atoms with Crippen molar-refractivity contribution in [1.29, 1.82) is 0 Å². The van der Waals surface area contributed by atoms with E-state index in [0.29, 0.717) is 12.8 Å². The van der Waals surface area contributed by atoms with Crippen LogP contribution in [0.5, 0.6) is 0 Å². The van der Waals surface area contributed by atoms with Crippen molar-refractivity contribution in [1.82, 2.24) is 0 Å². The number of carbonyl (C=O) groups is 3. The second kappa shape index (κ2) is 26.8. The lowest BCUT2D eigenvalue weighted by molar-refractivity contribution is -0.161. The van der Waals surface area contributed by atoms with Gasteiger partial charge in [-0.2, -0.15) is 0 Å². The Morgan fingerprint density at radius 3 is 1.76 bits per heavy atom. The van der Waals surface area contributed by atoms with E-state index in [1.54, 1.807) is 0 Å². The number of rotatable bonds is 29. The molecule has 0 saturated carbocycles. The van der Waals surface area contributed by atoms with Crippen LogP contribution in [0.15, 0.2) is 12.2 Å². The van der Waals surface area contributed by atoms with Crippen LogP contribution < -0.4 is 5.73 Å². The number of phosphoric acid groups is 1. The molecule has 0 radical (unpaired) electrons. The number of allylic oxidation sites excluding steroid dienone is 2. The molecule has 11 nitrogen and oxygen atoms in total. The molecule has 12 heteroatoms. The maximum atomic E-state index is 12.4. The zero-order valence-corrected chi connectivity index (χ0v) is 26.7. The number of unbranched alkanes of at least 4 members (excludes halogenated alkanes) is 13. The molecule has 4 N–H and O–H groups in total. The molecule has 0 aromatic carbocycles. The highest BCUT2D eigenvalue weighted by molar-refractivity contribution is 7.47. The number of aliphatic carboxylic acids is 1. The fourth-order valence-electron chi connectivity index (χ4n) is 3.94. The predicted octanol–water partition coefficient (Wildman–Crippen LogP) is 6.60. The summed E-state index contributed by atoms with van der Waals surface area (Å²) in [5.41, 5.74) is 5.27. The van der Waals surface area contributed by atoms with E-state index in [9.17, 15) is 23.8 Å². The molecule has 0 aliphatic heterocycles. The van der Waals surface area contributed by atoms with Crippen LogP contribution in [0.4, 0.5) is 0 Å². The summed E-state index contributed by atoms with van der Waals surface area (Å²) < 4.78 is 32.1. The number of hydrogen-bond acceptors (Lipinski definition) is 9. The first-order valence-electron chi connectivity index (χ1n) is 15.7. The van der Waals surface area contributed by atoms with Gasteiger partial charge in [-0.3, -0.25) is 23.4 Å². The summed E-state index contributed by atoms with van der Waals surface area (Å²) in [6.45, 7) is 2.60. The van der Waals surface area contributed by atoms with Crippen LogP contribution in [0.2, 0.25) is 0 Å². The maximum absolute atomic E-state index is 12.4. The summed E-state index contributed by atoms with van der Waals surface area (Å²) in [4.78, 5) is 45.1. The fourth-order valence-corrected chi connectivity index (χ4v) is 4.72. The monoisotopic (exact) mass is 621 g/mol. The summed E-state index contributed by atoms with van der Waals surface area (Å²) >= 11 is 0. The van der Waals surface area contributed by atoms with Crippen LogP contribution in [0.25, 0.3) is 0 Å². The Bertz CT molecular complexity index is 792. The zero-order valence-electron chi connectivity index (χ0n) is 25.8. The van der Waals surface area contributed by atoms with E-state index in [1.165, 1.54) is 32.1 Å². The summed E-state index contributed by atoms with van der Waals surface area (Å²) in [6.07, 6.45) is 20.8. The topological polar surface area (TPSA) is 172 Å². The van der Waals surface area contributed by atoms with Gasteiger partial charge in [-0.1, -0.05) is 90.2 Å². The quantitative estimate of drug-likeness (QED) is 0.0355. The number of carboxylic acids is 1. The van der Waals surface area contributed by atoms with E-state index in [2.05, 4.69) is 30.5 Å². The Morgan fingerprint density at radius 1 is 0.714 bits per heavy atom. The van der Waals surface area contributed by atoms with Gasteiger partial charge >= 0.3 is 25.7 Å². The molecule has 246 valence electrons. The van der Waals surface area contributed by atoms with Gasteiger partial charge in [0.1, 0.15) is 12.6 Å². The number of phosphoric ester groups is 1. The van der Waals surface area contributed by atoms with Crippen molar-refractivity contribution >= 4 is 25.7 Å². The molecular formula is C30H56NO10P. The van der Waals surface area contributed by atoms with E-state index < -0.39 is 51.1 Å². The molecule has 0 aliphatic carbocycles. The Morgan fingerprint density at radius 2 is 1.19 bits per heavy atom. The largest absolute Gasteiger partial charge is 0.480 e. The standard InChI is InChI=1S/C30H56NO10P/c1-3-5-7-9-10-11-12-13-14-15-16-17-18-20-22-29(33)41-26(23-38-28(32)21-19-8-6-4-2)24-39-42(36,37)40-25-27(31)30(34)35/h12-13,26-27H,3-11,14-25,31H2,1-2H3,(H,34,35)(H,36,37)/b13-12-. The Labute approximate surface area is 252 Å². The molecule has 3 atom stereocenters. The summed E-state index contributed by atoms with van der Waals surface area (Å²) in [5.74, 6) is -2.41. The van der Waals surface area contributed by atoms with E-state index >= 15 is 0 Å². The molecule has 0 aromatic heterocycles. The van der Waals surface area contributed by atoms with E-state index in [4.69, 9.17) is 24.8 Å². The molecule has 0 spiro atoms. The highest BCUT2D eigenvalue weighted by Gasteiger charge is 2.28. The lowest BCUT2D eigenvalue weighted by atomic mass is 10.1. The number of hydrogen-bond donors (Lipinski definition) is 3. The Kier molecular flexibility index (Phi) is 25.7. The first kappa shape index (κ1) is 40.2. The number of carboxylic acid groups (broad SMARTS) is 1. The lowest BCUT2D eigenvalue weighted by Gasteiger charge is -2.20. The van der Waals surface area contributed by atoms with E-state index in [1.807, 2.05) is 0 Å². The minimum atomic E-state index is -4.69. The SMILES string of the molecule is CCCCCCC/C=C\CCCCCCCC(=O)OC(COC(=O)CCCCCC)COP(=O)(O)OCC(N)C(=O)O. The van der Waals surface area contributed by atoms with Gasteiger partial charge in [-0.25, -0.2) is 4.57 Å². The Hall–Kier alpha value is -1.78. The average Bonchev–Trinajstić information content (AvgIpc) is 2.95. The highest BCUT2D eigenvalue weighted by Crippen LogP contribution is 2.43. The summed E-state index contributed by atoms with van der Waals surface area (Å²) in [5, 5.41) is 8.78. The molecule has 0 heterocycles. The molecular weight excluding hydrogens is 565 g/mol. The number of carbonyl (C=O) groups excluding carboxylic acids is 2. The van der Waals surface area contributed by atoms with Crippen molar-refractivity contribution in [2.45, 2.75) is 142 Å². The second-order valence-corrected chi connectivity index (χ2v) is 12.0. The smallest absolute Gasteiger partial charge is 0.472 e. The van der Waals surface area contributed by atoms with Crippen LogP contribution in [0.3, 0.4) is 0 Å². The van der Waals surface area contributed by atoms with Crippen LogP contribution in [-0.4, -0.2) is 59.9 Å². The van der Waals surface area contributed by atoms with Crippen LogP contribution in [-0.2, 0) is 37.5 Å². The van der Waals surface area contributed by atoms with Gasteiger partial charge in [0.2, 0.25) is 0 Å². The van der Waals surface area contributed by atoms with Crippen molar-refractivity contribution in [3.8, 4) is 0 Å². The van der Waals surface area contributed by atoms with E-state index in [0.717, 1.165) is 57.8 Å². The maximum Gasteiger partial charge on any atom is 0.472 e. The van der Waals surface area contributed by atoms with Crippen LogP contribution >= 0.6 is 7.82 Å². The molecule has 0 bridgehead atoms. The molecule has 0 amide bonds. The molecule has 0 fully saturated rings. The predicted molar refractivity (Wildman–Crippen MR) is 162 cm³/mol. The molecule has 0 aliphatic rings. The normalized spacial score (nSPS) is 14.4. The van der Waals surface area contributed by atoms with Crippen molar-refractivity contribution < 1.29 is 47.5 Å². The van der Waals surface area contributed by atoms with Gasteiger partial charge in [-0.15, -0.1) is 0 Å². The van der Waals surface area contributed by atoms with Gasteiger partial charge in [0.05, 0.1) is 13.2 Å². The molecule has 0 rings (SSSR count). The molecule has 0 aromatic rings.